The van der Waals surface area contributed by atoms with Gasteiger partial charge in [0.1, 0.15) is 15.7 Å². The lowest BCUT2D eigenvalue weighted by molar-refractivity contribution is 0.602. The molecule has 0 radical (unpaired) electrons. The Morgan fingerprint density at radius 1 is 1.26 bits per heavy atom. The van der Waals surface area contributed by atoms with Crippen LogP contribution in [0.15, 0.2) is 40.3 Å². The highest BCUT2D eigenvalue weighted by Crippen LogP contribution is 2.36. The fourth-order valence-corrected chi connectivity index (χ4v) is 3.62. The molecule has 19 heavy (non-hydrogen) atoms. The number of nitrogens with two attached hydrogens (primary N) is 1. The van der Waals surface area contributed by atoms with Crippen molar-refractivity contribution in [3.05, 3.63) is 41.0 Å². The average molecular weight is 291 g/mol. The predicted molar refractivity (Wildman–Crippen MR) is 77.1 cm³/mol. The van der Waals surface area contributed by atoms with E-state index < -0.39 is 0 Å². The van der Waals surface area contributed by atoms with E-state index in [0.717, 1.165) is 15.1 Å². The van der Waals surface area contributed by atoms with Gasteiger partial charge in [-0.2, -0.15) is 0 Å². The Bertz CT molecular complexity index is 755. The molecule has 0 fully saturated rings. The Labute approximate surface area is 117 Å². The number of nitrogens with zero attached hydrogens (tertiary/aromatic N) is 2. The van der Waals surface area contributed by atoms with Crippen LogP contribution in [0.4, 0.5) is 10.3 Å². The molecule has 0 saturated carbocycles. The van der Waals surface area contributed by atoms with Crippen LogP contribution in [0.1, 0.15) is 4.88 Å². The second-order valence-electron chi connectivity index (χ2n) is 4.00. The fraction of sp³-hybridized carbons (Fsp3) is 0.0769. The van der Waals surface area contributed by atoms with Gasteiger partial charge in [-0.05, 0) is 25.1 Å². The first-order chi connectivity index (χ1) is 9.13. The average Bonchev–Trinajstić information content (AvgIpc) is 2.72. The maximum absolute atomic E-state index is 13.7. The number of hydrogen-bond donors (Lipinski definition) is 1. The second-order valence-corrected chi connectivity index (χ2v) is 6.26. The number of benzene rings is 1. The summed E-state index contributed by atoms with van der Waals surface area (Å²) in [5.41, 5.74) is 5.70. The van der Waals surface area contributed by atoms with E-state index in [2.05, 4.69) is 9.97 Å². The highest BCUT2D eigenvalue weighted by molar-refractivity contribution is 7.99. The molecular weight excluding hydrogens is 281 g/mol. The quantitative estimate of drug-likeness (QED) is 0.728. The van der Waals surface area contributed by atoms with E-state index in [4.69, 9.17) is 5.73 Å². The van der Waals surface area contributed by atoms with Gasteiger partial charge < -0.3 is 5.73 Å². The van der Waals surface area contributed by atoms with Crippen molar-refractivity contribution in [3.63, 3.8) is 0 Å². The zero-order valence-corrected chi connectivity index (χ0v) is 11.7. The summed E-state index contributed by atoms with van der Waals surface area (Å²) in [6.45, 7) is 2.00. The van der Waals surface area contributed by atoms with Gasteiger partial charge in [0.05, 0.1) is 0 Å². The molecule has 0 aliphatic carbocycles. The van der Waals surface area contributed by atoms with Gasteiger partial charge in [-0.15, -0.1) is 11.3 Å². The summed E-state index contributed by atoms with van der Waals surface area (Å²) in [4.78, 5) is 10.9. The maximum Gasteiger partial charge on any atom is 0.222 e. The van der Waals surface area contributed by atoms with Crippen molar-refractivity contribution in [1.29, 1.82) is 0 Å². The Morgan fingerprint density at radius 2 is 2.05 bits per heavy atom. The minimum Gasteiger partial charge on any atom is -0.368 e. The van der Waals surface area contributed by atoms with Crippen molar-refractivity contribution in [1.82, 2.24) is 9.97 Å². The SMILES string of the molecule is Cc1cc2c(Sc3ccccc3F)nc(N)nc2s1. The first-order valence-electron chi connectivity index (χ1n) is 5.59. The molecule has 3 nitrogen and oxygen atoms in total. The van der Waals surface area contributed by atoms with E-state index in [1.165, 1.54) is 17.8 Å². The van der Waals surface area contributed by atoms with Gasteiger partial charge >= 0.3 is 0 Å². The number of fused-ring (bicyclic) bond motifs is 1. The van der Waals surface area contributed by atoms with E-state index in [-0.39, 0.29) is 11.8 Å². The number of halogens is 1. The Kier molecular flexibility index (Phi) is 3.12. The zero-order chi connectivity index (χ0) is 13.4. The number of thiophene rings is 1. The Hall–Kier alpha value is -1.66. The summed E-state index contributed by atoms with van der Waals surface area (Å²) in [5, 5.41) is 1.61. The first-order valence-corrected chi connectivity index (χ1v) is 7.23. The van der Waals surface area contributed by atoms with Gasteiger partial charge in [0.25, 0.3) is 0 Å². The van der Waals surface area contributed by atoms with Crippen LogP contribution >= 0.6 is 23.1 Å². The summed E-state index contributed by atoms with van der Waals surface area (Å²) >= 11 is 2.83. The largest absolute Gasteiger partial charge is 0.368 e. The van der Waals surface area contributed by atoms with Crippen LogP contribution in [0, 0.1) is 12.7 Å². The molecule has 1 aromatic carbocycles. The molecule has 3 aromatic rings. The molecule has 0 saturated heterocycles. The highest BCUT2D eigenvalue weighted by atomic mass is 32.2. The molecule has 0 spiro atoms. The van der Waals surface area contributed by atoms with E-state index in [1.807, 2.05) is 13.0 Å². The molecule has 3 rings (SSSR count). The van der Waals surface area contributed by atoms with Crippen molar-refractivity contribution >= 4 is 39.3 Å². The summed E-state index contributed by atoms with van der Waals surface area (Å²) in [6.07, 6.45) is 0. The number of aryl methyl sites for hydroxylation is 1. The first kappa shape index (κ1) is 12.4. The van der Waals surface area contributed by atoms with Crippen molar-refractivity contribution in [2.45, 2.75) is 16.8 Å². The lowest BCUT2D eigenvalue weighted by Gasteiger charge is -2.04. The normalized spacial score (nSPS) is 11.1. The standard InChI is InChI=1S/C13H10FN3S2/c1-7-6-8-11(18-7)16-13(15)17-12(8)19-10-5-3-2-4-9(10)14/h2-6H,1H3,(H2,15,16,17). The van der Waals surface area contributed by atoms with E-state index >= 15 is 0 Å². The molecule has 0 atom stereocenters. The fourth-order valence-electron chi connectivity index (χ4n) is 1.74. The van der Waals surface area contributed by atoms with Gasteiger partial charge in [0, 0.05) is 15.2 Å². The van der Waals surface area contributed by atoms with Crippen LogP contribution in [0.25, 0.3) is 10.2 Å². The topological polar surface area (TPSA) is 51.8 Å². The summed E-state index contributed by atoms with van der Waals surface area (Å²) in [7, 11) is 0. The molecule has 6 heteroatoms. The van der Waals surface area contributed by atoms with Crippen molar-refractivity contribution in [2.75, 3.05) is 5.73 Å². The molecule has 2 N–H and O–H groups in total. The number of rotatable bonds is 2. The van der Waals surface area contributed by atoms with E-state index in [1.54, 1.807) is 29.5 Å². The smallest absolute Gasteiger partial charge is 0.222 e. The molecular formula is C13H10FN3S2. The van der Waals surface area contributed by atoms with Crippen LogP contribution in [-0.2, 0) is 0 Å². The van der Waals surface area contributed by atoms with Gasteiger partial charge in [-0.3, -0.25) is 0 Å². The minimum absolute atomic E-state index is 0.216. The second kappa shape index (κ2) is 4.79. The third-order valence-electron chi connectivity index (χ3n) is 2.54. The third kappa shape index (κ3) is 2.41. The number of nitrogen functional groups attached to an aromatic ring is 1. The van der Waals surface area contributed by atoms with Gasteiger partial charge in [0.2, 0.25) is 5.95 Å². The molecule has 2 heterocycles. The van der Waals surface area contributed by atoms with E-state index in [9.17, 15) is 4.39 Å². The molecule has 0 bridgehead atoms. The number of aromatic nitrogens is 2. The van der Waals surface area contributed by atoms with Crippen molar-refractivity contribution < 1.29 is 4.39 Å². The maximum atomic E-state index is 13.7. The van der Waals surface area contributed by atoms with Gasteiger partial charge in [-0.25, -0.2) is 14.4 Å². The van der Waals surface area contributed by atoms with Crippen LogP contribution in [-0.4, -0.2) is 9.97 Å². The molecule has 0 aliphatic heterocycles. The van der Waals surface area contributed by atoms with Gasteiger partial charge in [-0.1, -0.05) is 23.9 Å². The Balaban J connectivity index is 2.12. The van der Waals surface area contributed by atoms with E-state index in [0.29, 0.717) is 9.92 Å². The lowest BCUT2D eigenvalue weighted by atomic mass is 10.3. The number of anilines is 1. The molecule has 0 unspecified atom stereocenters. The van der Waals surface area contributed by atoms with Crippen LogP contribution < -0.4 is 5.73 Å². The van der Waals surface area contributed by atoms with Gasteiger partial charge in [0.15, 0.2) is 0 Å². The molecule has 2 aromatic heterocycles. The molecule has 0 amide bonds. The van der Waals surface area contributed by atoms with Crippen molar-refractivity contribution in [3.8, 4) is 0 Å². The van der Waals surface area contributed by atoms with Crippen LogP contribution in [0.2, 0.25) is 0 Å². The molecule has 96 valence electrons. The monoisotopic (exact) mass is 291 g/mol. The summed E-state index contributed by atoms with van der Waals surface area (Å²) in [5.74, 6) is -0.0435. The highest BCUT2D eigenvalue weighted by Gasteiger charge is 2.12. The molecule has 0 aliphatic rings. The predicted octanol–water partition coefficient (Wildman–Crippen LogP) is 3.87. The zero-order valence-electron chi connectivity index (χ0n) is 10.1. The number of hydrogen-bond acceptors (Lipinski definition) is 5. The lowest BCUT2D eigenvalue weighted by Crippen LogP contribution is -1.95. The Morgan fingerprint density at radius 3 is 2.84 bits per heavy atom. The third-order valence-corrected chi connectivity index (χ3v) is 4.54. The van der Waals surface area contributed by atoms with Crippen LogP contribution in [0.5, 0.6) is 0 Å². The summed E-state index contributed by atoms with van der Waals surface area (Å²) in [6, 6.07) is 8.62. The van der Waals surface area contributed by atoms with Crippen LogP contribution in [0.3, 0.4) is 0 Å². The minimum atomic E-state index is -0.259. The van der Waals surface area contributed by atoms with Crippen molar-refractivity contribution in [2.24, 2.45) is 0 Å². The summed E-state index contributed by atoms with van der Waals surface area (Å²) < 4.78 is 13.7.